The first-order chi connectivity index (χ1) is 6.81. The van der Waals surface area contributed by atoms with Gasteiger partial charge < -0.3 is 10.8 Å². The first kappa shape index (κ1) is 9.69. The summed E-state index contributed by atoms with van der Waals surface area (Å²) >= 11 is 0. The number of aliphatic hydroxyl groups excluding tert-OH is 1. The average molecular weight is 191 g/mol. The van der Waals surface area contributed by atoms with Gasteiger partial charge in [-0.3, -0.25) is 0 Å². The Morgan fingerprint density at radius 3 is 2.79 bits per heavy atom. The van der Waals surface area contributed by atoms with E-state index >= 15 is 0 Å². The minimum atomic E-state index is -0.505. The second kappa shape index (κ2) is 4.11. The van der Waals surface area contributed by atoms with E-state index in [-0.39, 0.29) is 0 Å². The van der Waals surface area contributed by atoms with E-state index in [4.69, 9.17) is 5.73 Å². The summed E-state index contributed by atoms with van der Waals surface area (Å²) in [6.45, 7) is 0.300. The lowest BCUT2D eigenvalue weighted by Gasteiger charge is -2.26. The minimum Gasteiger partial charge on any atom is -0.387 e. The Labute approximate surface area is 84.7 Å². The molecule has 0 bridgehead atoms. The average Bonchev–Trinajstić information content (AvgIpc) is 2.14. The van der Waals surface area contributed by atoms with Gasteiger partial charge in [0, 0.05) is 6.54 Å². The number of nitrogens with two attached hydrogens (primary N) is 1. The Morgan fingerprint density at radius 1 is 1.43 bits per heavy atom. The Bertz CT molecular complexity index is 287. The summed E-state index contributed by atoms with van der Waals surface area (Å²) in [5, 5.41) is 9.60. The topological polar surface area (TPSA) is 46.2 Å². The van der Waals surface area contributed by atoms with E-state index in [9.17, 15) is 5.11 Å². The molecule has 1 fully saturated rings. The molecule has 0 aliphatic heterocycles. The van der Waals surface area contributed by atoms with Crippen molar-refractivity contribution < 1.29 is 5.11 Å². The van der Waals surface area contributed by atoms with Crippen molar-refractivity contribution in [1.29, 1.82) is 0 Å². The maximum absolute atomic E-state index is 9.60. The Morgan fingerprint density at radius 2 is 2.21 bits per heavy atom. The predicted molar refractivity (Wildman–Crippen MR) is 57.0 cm³/mol. The molecule has 2 heteroatoms. The van der Waals surface area contributed by atoms with Crippen molar-refractivity contribution in [1.82, 2.24) is 0 Å². The SMILES string of the molecule is NCC(O)c1cccc(C2CCC2)c1. The fraction of sp³-hybridized carbons (Fsp3) is 0.500. The molecule has 2 nitrogen and oxygen atoms in total. The van der Waals surface area contributed by atoms with E-state index in [0.29, 0.717) is 6.54 Å². The van der Waals surface area contributed by atoms with E-state index in [2.05, 4.69) is 12.1 Å². The Balaban J connectivity index is 2.17. The summed E-state index contributed by atoms with van der Waals surface area (Å²) in [7, 11) is 0. The van der Waals surface area contributed by atoms with Crippen molar-refractivity contribution in [3.63, 3.8) is 0 Å². The molecule has 0 radical (unpaired) electrons. The van der Waals surface area contributed by atoms with E-state index in [1.165, 1.54) is 24.8 Å². The Kier molecular flexibility index (Phi) is 2.85. The lowest BCUT2D eigenvalue weighted by atomic mass is 9.79. The molecular weight excluding hydrogens is 174 g/mol. The molecule has 1 aliphatic carbocycles. The van der Waals surface area contributed by atoms with Crippen LogP contribution in [0.2, 0.25) is 0 Å². The third kappa shape index (κ3) is 1.81. The molecule has 1 atom stereocenters. The van der Waals surface area contributed by atoms with Crippen LogP contribution < -0.4 is 5.73 Å². The molecule has 0 spiro atoms. The molecule has 1 unspecified atom stereocenters. The monoisotopic (exact) mass is 191 g/mol. The van der Waals surface area contributed by atoms with Crippen LogP contribution >= 0.6 is 0 Å². The molecule has 1 aromatic rings. The Hall–Kier alpha value is -0.860. The van der Waals surface area contributed by atoms with Crippen molar-refractivity contribution in [3.05, 3.63) is 35.4 Å². The summed E-state index contributed by atoms with van der Waals surface area (Å²) in [6.07, 6.45) is 3.42. The van der Waals surface area contributed by atoms with Crippen molar-refractivity contribution in [2.24, 2.45) is 5.73 Å². The van der Waals surface area contributed by atoms with E-state index in [1.54, 1.807) is 0 Å². The highest BCUT2D eigenvalue weighted by Gasteiger charge is 2.19. The van der Waals surface area contributed by atoms with Gasteiger partial charge in [-0.05, 0) is 29.9 Å². The van der Waals surface area contributed by atoms with Gasteiger partial charge in [0.05, 0.1) is 6.10 Å². The molecule has 0 saturated heterocycles. The lowest BCUT2D eigenvalue weighted by Crippen LogP contribution is -2.13. The van der Waals surface area contributed by atoms with Crippen molar-refractivity contribution in [2.45, 2.75) is 31.3 Å². The van der Waals surface area contributed by atoms with Crippen LogP contribution in [0.1, 0.15) is 42.4 Å². The van der Waals surface area contributed by atoms with Gasteiger partial charge in [-0.25, -0.2) is 0 Å². The molecule has 0 heterocycles. The van der Waals surface area contributed by atoms with Gasteiger partial charge in [0.2, 0.25) is 0 Å². The van der Waals surface area contributed by atoms with Crippen LogP contribution in [0.15, 0.2) is 24.3 Å². The van der Waals surface area contributed by atoms with Gasteiger partial charge in [-0.15, -0.1) is 0 Å². The zero-order valence-electron chi connectivity index (χ0n) is 8.32. The zero-order valence-corrected chi connectivity index (χ0v) is 8.32. The molecule has 2 rings (SSSR count). The van der Waals surface area contributed by atoms with E-state index in [0.717, 1.165) is 11.5 Å². The first-order valence-electron chi connectivity index (χ1n) is 5.29. The van der Waals surface area contributed by atoms with Crippen LogP contribution in [-0.2, 0) is 0 Å². The molecule has 1 aromatic carbocycles. The van der Waals surface area contributed by atoms with Gasteiger partial charge >= 0.3 is 0 Å². The smallest absolute Gasteiger partial charge is 0.0912 e. The third-order valence-electron chi connectivity index (χ3n) is 3.10. The number of rotatable bonds is 3. The predicted octanol–water partition coefficient (Wildman–Crippen LogP) is 1.95. The highest BCUT2D eigenvalue weighted by Crippen LogP contribution is 2.36. The summed E-state index contributed by atoms with van der Waals surface area (Å²) in [6, 6.07) is 8.21. The molecule has 14 heavy (non-hydrogen) atoms. The fourth-order valence-electron chi connectivity index (χ4n) is 1.90. The van der Waals surface area contributed by atoms with Crippen molar-refractivity contribution in [3.8, 4) is 0 Å². The summed E-state index contributed by atoms with van der Waals surface area (Å²) in [4.78, 5) is 0. The van der Waals surface area contributed by atoms with Gasteiger partial charge in [-0.2, -0.15) is 0 Å². The van der Waals surface area contributed by atoms with Crippen molar-refractivity contribution >= 4 is 0 Å². The van der Waals surface area contributed by atoms with Gasteiger partial charge in [0.15, 0.2) is 0 Å². The van der Waals surface area contributed by atoms with Crippen LogP contribution in [-0.4, -0.2) is 11.7 Å². The second-order valence-electron chi connectivity index (χ2n) is 4.05. The second-order valence-corrected chi connectivity index (χ2v) is 4.05. The number of benzene rings is 1. The summed E-state index contributed by atoms with van der Waals surface area (Å²) in [5.74, 6) is 0.722. The van der Waals surface area contributed by atoms with Crippen molar-refractivity contribution in [2.75, 3.05) is 6.54 Å². The summed E-state index contributed by atoms with van der Waals surface area (Å²) < 4.78 is 0. The molecule has 1 saturated carbocycles. The normalized spacial score (nSPS) is 19.0. The van der Waals surface area contributed by atoms with Gasteiger partial charge in [-0.1, -0.05) is 30.7 Å². The van der Waals surface area contributed by atoms with Crippen LogP contribution in [0.3, 0.4) is 0 Å². The molecular formula is C12H17NO. The third-order valence-corrected chi connectivity index (χ3v) is 3.10. The van der Waals surface area contributed by atoms with Crippen LogP contribution in [0.25, 0.3) is 0 Å². The van der Waals surface area contributed by atoms with Crippen LogP contribution in [0.4, 0.5) is 0 Å². The largest absolute Gasteiger partial charge is 0.387 e. The molecule has 1 aliphatic rings. The minimum absolute atomic E-state index is 0.300. The molecule has 0 aromatic heterocycles. The quantitative estimate of drug-likeness (QED) is 0.767. The van der Waals surface area contributed by atoms with Gasteiger partial charge in [0.1, 0.15) is 0 Å². The van der Waals surface area contributed by atoms with Gasteiger partial charge in [0.25, 0.3) is 0 Å². The standard InChI is InChI=1S/C12H17NO/c13-8-12(14)11-6-2-5-10(7-11)9-3-1-4-9/h2,5-7,9,12,14H,1,3-4,8,13H2. The first-order valence-corrected chi connectivity index (χ1v) is 5.29. The highest BCUT2D eigenvalue weighted by atomic mass is 16.3. The van der Waals surface area contributed by atoms with E-state index < -0.39 is 6.10 Å². The molecule has 76 valence electrons. The van der Waals surface area contributed by atoms with Crippen LogP contribution in [0, 0.1) is 0 Å². The lowest BCUT2D eigenvalue weighted by molar-refractivity contribution is 0.186. The summed E-state index contributed by atoms with van der Waals surface area (Å²) in [5.41, 5.74) is 7.74. The number of hydrogen-bond acceptors (Lipinski definition) is 2. The number of hydrogen-bond donors (Lipinski definition) is 2. The van der Waals surface area contributed by atoms with E-state index in [1.807, 2.05) is 12.1 Å². The maximum atomic E-state index is 9.60. The zero-order chi connectivity index (χ0) is 9.97. The molecule has 3 N–H and O–H groups in total. The highest BCUT2D eigenvalue weighted by molar-refractivity contribution is 5.29. The fourth-order valence-corrected chi connectivity index (χ4v) is 1.90. The maximum Gasteiger partial charge on any atom is 0.0912 e. The molecule has 0 amide bonds. The van der Waals surface area contributed by atoms with Crippen LogP contribution in [0.5, 0.6) is 0 Å². The number of aliphatic hydroxyl groups is 1.